The van der Waals surface area contributed by atoms with E-state index in [9.17, 15) is 4.79 Å². The summed E-state index contributed by atoms with van der Waals surface area (Å²) in [4.78, 5) is 15.2. The topological polar surface area (TPSA) is 30.0 Å². The Labute approximate surface area is 100 Å². The molecule has 0 saturated carbocycles. The number of aromatic nitrogens is 1. The third kappa shape index (κ3) is 1.86. The van der Waals surface area contributed by atoms with Gasteiger partial charge in [0.25, 0.3) is 0 Å². The second-order valence-electron chi connectivity index (χ2n) is 4.50. The van der Waals surface area contributed by atoms with Crippen LogP contribution in [0.25, 0.3) is 11.3 Å². The minimum absolute atomic E-state index is 0.170. The summed E-state index contributed by atoms with van der Waals surface area (Å²) in [6, 6.07) is 12.3. The first kappa shape index (κ1) is 10.2. The fraction of sp³-hybridized carbons (Fsp3) is 0.200. The number of fused-ring (bicyclic) bond motifs is 1. The molecule has 84 valence electrons. The lowest BCUT2D eigenvalue weighted by Crippen LogP contribution is -1.99. The molecule has 1 aliphatic rings. The number of nitrogens with zero attached hydrogens (tertiary/aromatic N) is 1. The number of carbonyl (C=O) groups excluding carboxylic acids is 1. The summed E-state index contributed by atoms with van der Waals surface area (Å²) in [7, 11) is 0. The highest BCUT2D eigenvalue weighted by Gasteiger charge is 2.21. The molecular weight excluding hydrogens is 210 g/mol. The molecule has 3 rings (SSSR count). The molecule has 0 spiro atoms. The van der Waals surface area contributed by atoms with Gasteiger partial charge in [-0.25, -0.2) is 0 Å². The Kier molecular flexibility index (Phi) is 2.48. The Hall–Kier alpha value is -1.96. The van der Waals surface area contributed by atoms with Crippen LogP contribution in [0, 0.1) is 5.92 Å². The van der Waals surface area contributed by atoms with Crippen molar-refractivity contribution in [3.05, 3.63) is 53.7 Å². The third-order valence-corrected chi connectivity index (χ3v) is 3.32. The van der Waals surface area contributed by atoms with Gasteiger partial charge in [-0.15, -0.1) is 0 Å². The van der Waals surface area contributed by atoms with Crippen molar-refractivity contribution in [2.45, 2.75) is 12.8 Å². The van der Waals surface area contributed by atoms with Gasteiger partial charge in [0.05, 0.1) is 5.69 Å². The number of hydrogen-bond acceptors (Lipinski definition) is 2. The van der Waals surface area contributed by atoms with Crippen molar-refractivity contribution in [2.24, 2.45) is 5.92 Å². The molecule has 1 heterocycles. The van der Waals surface area contributed by atoms with Crippen molar-refractivity contribution < 1.29 is 4.79 Å². The van der Waals surface area contributed by atoms with Crippen molar-refractivity contribution in [1.82, 2.24) is 4.98 Å². The molecular formula is C15H13NO. The highest BCUT2D eigenvalue weighted by atomic mass is 16.1. The molecule has 1 aliphatic carbocycles. The Bertz CT molecular complexity index is 548. The molecule has 0 aliphatic heterocycles. The molecule has 0 N–H and O–H groups in total. The summed E-state index contributed by atoms with van der Waals surface area (Å²) < 4.78 is 0. The van der Waals surface area contributed by atoms with Crippen LogP contribution in [0.4, 0.5) is 0 Å². The molecule has 2 nitrogen and oxygen atoms in total. The highest BCUT2D eigenvalue weighted by molar-refractivity contribution is 5.64. The smallest absolute Gasteiger partial charge is 0.123 e. The summed E-state index contributed by atoms with van der Waals surface area (Å²) >= 11 is 0. The minimum Gasteiger partial charge on any atom is -0.303 e. The molecule has 2 aromatic rings. The zero-order valence-electron chi connectivity index (χ0n) is 9.47. The zero-order chi connectivity index (χ0) is 11.7. The Morgan fingerprint density at radius 1 is 1.12 bits per heavy atom. The number of benzene rings is 1. The molecule has 0 bridgehead atoms. The van der Waals surface area contributed by atoms with Gasteiger partial charge in [0.2, 0.25) is 0 Å². The monoisotopic (exact) mass is 223 g/mol. The lowest BCUT2D eigenvalue weighted by Gasteiger charge is -2.03. The molecule has 1 aromatic carbocycles. The van der Waals surface area contributed by atoms with Crippen LogP contribution in [0.3, 0.4) is 0 Å². The van der Waals surface area contributed by atoms with Gasteiger partial charge in [-0.3, -0.25) is 4.98 Å². The molecule has 1 atom stereocenters. The van der Waals surface area contributed by atoms with Crippen LogP contribution < -0.4 is 0 Å². The van der Waals surface area contributed by atoms with Crippen LogP contribution in [-0.4, -0.2) is 11.3 Å². The van der Waals surface area contributed by atoms with Gasteiger partial charge in [0.1, 0.15) is 6.29 Å². The van der Waals surface area contributed by atoms with Crippen molar-refractivity contribution in [2.75, 3.05) is 0 Å². The summed E-state index contributed by atoms with van der Waals surface area (Å²) in [6.07, 6.45) is 4.64. The van der Waals surface area contributed by atoms with E-state index in [1.807, 2.05) is 18.2 Å². The van der Waals surface area contributed by atoms with Gasteiger partial charge in [-0.1, -0.05) is 18.2 Å². The lowest BCUT2D eigenvalue weighted by molar-refractivity contribution is -0.110. The van der Waals surface area contributed by atoms with Gasteiger partial charge in [-0.05, 0) is 42.2 Å². The molecule has 0 amide bonds. The van der Waals surface area contributed by atoms with Crippen molar-refractivity contribution in [1.29, 1.82) is 0 Å². The van der Waals surface area contributed by atoms with Gasteiger partial charge >= 0.3 is 0 Å². The van der Waals surface area contributed by atoms with E-state index in [4.69, 9.17) is 0 Å². The second-order valence-corrected chi connectivity index (χ2v) is 4.50. The number of rotatable bonds is 2. The Balaban J connectivity index is 1.99. The van der Waals surface area contributed by atoms with E-state index in [2.05, 4.69) is 23.2 Å². The van der Waals surface area contributed by atoms with Crippen LogP contribution in [0.15, 0.2) is 42.6 Å². The predicted octanol–water partition coefficient (Wildman–Crippen LogP) is 2.66. The SMILES string of the molecule is O=CC1Cc2ccc(-c3ccccn3)cc2C1. The van der Waals surface area contributed by atoms with E-state index < -0.39 is 0 Å². The van der Waals surface area contributed by atoms with E-state index in [1.54, 1.807) is 6.20 Å². The Morgan fingerprint density at radius 3 is 2.76 bits per heavy atom. The number of hydrogen-bond donors (Lipinski definition) is 0. The highest BCUT2D eigenvalue weighted by Crippen LogP contribution is 2.29. The first-order valence-corrected chi connectivity index (χ1v) is 5.85. The molecule has 2 heteroatoms. The van der Waals surface area contributed by atoms with Gasteiger partial charge in [0.15, 0.2) is 0 Å². The standard InChI is InChI=1S/C15H13NO/c17-10-11-7-12-4-5-13(9-14(12)8-11)15-3-1-2-6-16-15/h1-6,9-11H,7-8H2. The summed E-state index contributed by atoms with van der Waals surface area (Å²) in [5, 5.41) is 0. The number of carbonyl (C=O) groups is 1. The molecule has 17 heavy (non-hydrogen) atoms. The first-order valence-electron chi connectivity index (χ1n) is 5.85. The lowest BCUT2D eigenvalue weighted by atomic mass is 10.0. The van der Waals surface area contributed by atoms with Gasteiger partial charge < -0.3 is 4.79 Å². The fourth-order valence-corrected chi connectivity index (χ4v) is 2.44. The quantitative estimate of drug-likeness (QED) is 0.733. The number of aldehydes is 1. The average molecular weight is 223 g/mol. The third-order valence-electron chi connectivity index (χ3n) is 3.32. The van der Waals surface area contributed by atoms with Gasteiger partial charge in [0, 0.05) is 17.7 Å². The van der Waals surface area contributed by atoms with Crippen molar-refractivity contribution in [3.63, 3.8) is 0 Å². The Morgan fingerprint density at radius 2 is 2.00 bits per heavy atom. The average Bonchev–Trinajstić information content (AvgIpc) is 2.81. The van der Waals surface area contributed by atoms with Crippen molar-refractivity contribution in [3.8, 4) is 11.3 Å². The molecule has 0 radical (unpaired) electrons. The van der Waals surface area contributed by atoms with E-state index >= 15 is 0 Å². The van der Waals surface area contributed by atoms with E-state index in [0.29, 0.717) is 0 Å². The molecule has 0 saturated heterocycles. The second kappa shape index (κ2) is 4.13. The zero-order valence-corrected chi connectivity index (χ0v) is 9.47. The maximum Gasteiger partial charge on any atom is 0.123 e. The van der Waals surface area contributed by atoms with E-state index in [0.717, 1.165) is 30.4 Å². The molecule has 1 aromatic heterocycles. The van der Waals surface area contributed by atoms with Crippen LogP contribution in [-0.2, 0) is 17.6 Å². The summed E-state index contributed by atoms with van der Waals surface area (Å²) in [6.45, 7) is 0. The fourth-order valence-electron chi connectivity index (χ4n) is 2.44. The largest absolute Gasteiger partial charge is 0.303 e. The minimum atomic E-state index is 0.170. The number of pyridine rings is 1. The molecule has 0 fully saturated rings. The molecule has 1 unspecified atom stereocenters. The predicted molar refractivity (Wildman–Crippen MR) is 66.6 cm³/mol. The van der Waals surface area contributed by atoms with E-state index in [1.165, 1.54) is 11.1 Å². The van der Waals surface area contributed by atoms with Crippen LogP contribution in [0.2, 0.25) is 0 Å². The summed E-state index contributed by atoms with van der Waals surface area (Å²) in [5.74, 6) is 0.170. The normalized spacial score (nSPS) is 17.8. The van der Waals surface area contributed by atoms with Gasteiger partial charge in [-0.2, -0.15) is 0 Å². The summed E-state index contributed by atoms with van der Waals surface area (Å²) in [5.41, 5.74) is 4.73. The maximum atomic E-state index is 10.8. The van der Waals surface area contributed by atoms with E-state index in [-0.39, 0.29) is 5.92 Å². The van der Waals surface area contributed by atoms with Crippen LogP contribution in [0.5, 0.6) is 0 Å². The first-order chi connectivity index (χ1) is 8.36. The van der Waals surface area contributed by atoms with Crippen molar-refractivity contribution >= 4 is 6.29 Å². The van der Waals surface area contributed by atoms with Crippen LogP contribution >= 0.6 is 0 Å². The maximum absolute atomic E-state index is 10.8. The van der Waals surface area contributed by atoms with Crippen LogP contribution in [0.1, 0.15) is 11.1 Å².